The fraction of sp³-hybridized carbons (Fsp3) is 0.882. The summed E-state index contributed by atoms with van der Waals surface area (Å²) in [5.41, 5.74) is -0.195. The molecule has 3 atom stereocenters. The number of amides is 2. The van der Waals surface area contributed by atoms with E-state index in [2.05, 4.69) is 5.32 Å². The summed E-state index contributed by atoms with van der Waals surface area (Å²) in [6.07, 6.45) is 5.41. The van der Waals surface area contributed by atoms with Gasteiger partial charge in [-0.05, 0) is 31.6 Å². The molecule has 6 heteroatoms. The molecule has 1 saturated carbocycles. The smallest absolute Gasteiger partial charge is 0.225 e. The standard InChI is InChI=1S/C17H26N2O4/c20-15-7-13(10-19(15)9-12-1-2-12)16(21)18-14-3-5-23-17(8-14)4-6-22-11-17/h12-14H,1-11H2,(H,18,21). The fourth-order valence-corrected chi connectivity index (χ4v) is 4.07. The second-order valence-corrected chi connectivity index (χ2v) is 7.68. The van der Waals surface area contributed by atoms with Crippen LogP contribution < -0.4 is 5.32 Å². The number of ether oxygens (including phenoxy) is 2. The van der Waals surface area contributed by atoms with Gasteiger partial charge < -0.3 is 19.7 Å². The van der Waals surface area contributed by atoms with Gasteiger partial charge in [0.25, 0.3) is 0 Å². The highest BCUT2D eigenvalue weighted by Gasteiger charge is 2.43. The number of nitrogens with one attached hydrogen (secondary N) is 1. The van der Waals surface area contributed by atoms with E-state index in [1.165, 1.54) is 12.8 Å². The zero-order valence-electron chi connectivity index (χ0n) is 13.6. The van der Waals surface area contributed by atoms with Crippen LogP contribution >= 0.6 is 0 Å². The lowest BCUT2D eigenvalue weighted by Crippen LogP contribution is -2.50. The van der Waals surface area contributed by atoms with Crippen LogP contribution in [0.5, 0.6) is 0 Å². The first-order chi connectivity index (χ1) is 11.1. The Labute approximate surface area is 136 Å². The average Bonchev–Trinajstić information content (AvgIpc) is 3.12. The third kappa shape index (κ3) is 3.38. The minimum atomic E-state index is -0.195. The van der Waals surface area contributed by atoms with E-state index in [4.69, 9.17) is 9.47 Å². The summed E-state index contributed by atoms with van der Waals surface area (Å²) in [5, 5.41) is 3.17. The molecule has 0 aromatic heterocycles. The highest BCUT2D eigenvalue weighted by atomic mass is 16.6. The van der Waals surface area contributed by atoms with Crippen LogP contribution in [-0.4, -0.2) is 61.3 Å². The molecule has 3 aliphatic heterocycles. The predicted octanol–water partition coefficient (Wildman–Crippen LogP) is 0.699. The summed E-state index contributed by atoms with van der Waals surface area (Å²) < 4.78 is 11.4. The fourth-order valence-electron chi connectivity index (χ4n) is 4.07. The van der Waals surface area contributed by atoms with Crippen molar-refractivity contribution < 1.29 is 19.1 Å². The molecule has 3 heterocycles. The molecule has 4 aliphatic rings. The Kier molecular flexibility index (Phi) is 4.05. The van der Waals surface area contributed by atoms with E-state index in [1.54, 1.807) is 0 Å². The van der Waals surface area contributed by atoms with Crippen LogP contribution in [0.4, 0.5) is 0 Å². The number of hydrogen-bond acceptors (Lipinski definition) is 4. The van der Waals surface area contributed by atoms with Crippen LogP contribution in [0.2, 0.25) is 0 Å². The minimum absolute atomic E-state index is 0.0395. The summed E-state index contributed by atoms with van der Waals surface area (Å²) in [4.78, 5) is 26.5. The molecule has 23 heavy (non-hydrogen) atoms. The molecule has 3 unspecified atom stereocenters. The minimum Gasteiger partial charge on any atom is -0.378 e. The molecular weight excluding hydrogens is 296 g/mol. The van der Waals surface area contributed by atoms with Gasteiger partial charge in [-0.1, -0.05) is 0 Å². The Hall–Kier alpha value is -1.14. The molecule has 2 amide bonds. The lowest BCUT2D eigenvalue weighted by molar-refractivity contribution is -0.130. The summed E-state index contributed by atoms with van der Waals surface area (Å²) in [5.74, 6) is 0.681. The molecule has 128 valence electrons. The van der Waals surface area contributed by atoms with E-state index < -0.39 is 0 Å². The van der Waals surface area contributed by atoms with Gasteiger partial charge in [-0.15, -0.1) is 0 Å². The topological polar surface area (TPSA) is 67.9 Å². The zero-order valence-corrected chi connectivity index (χ0v) is 13.6. The van der Waals surface area contributed by atoms with E-state index in [0.29, 0.717) is 32.1 Å². The SMILES string of the molecule is O=C(NC1CCOC2(CCOC2)C1)C1CC(=O)N(CC2CC2)C1. The third-order valence-corrected chi connectivity index (χ3v) is 5.67. The van der Waals surface area contributed by atoms with Crippen molar-refractivity contribution in [1.29, 1.82) is 0 Å². The van der Waals surface area contributed by atoms with E-state index in [9.17, 15) is 9.59 Å². The van der Waals surface area contributed by atoms with Crippen molar-refractivity contribution >= 4 is 11.8 Å². The monoisotopic (exact) mass is 322 g/mol. The van der Waals surface area contributed by atoms with Crippen molar-refractivity contribution in [3.8, 4) is 0 Å². The molecule has 1 aliphatic carbocycles. The normalized spacial score (nSPS) is 37.6. The molecule has 0 bridgehead atoms. The zero-order chi connectivity index (χ0) is 15.9. The largest absolute Gasteiger partial charge is 0.378 e. The van der Waals surface area contributed by atoms with E-state index in [0.717, 1.165) is 32.4 Å². The number of carbonyl (C=O) groups is 2. The van der Waals surface area contributed by atoms with Crippen molar-refractivity contribution in [3.63, 3.8) is 0 Å². The van der Waals surface area contributed by atoms with Crippen LogP contribution in [0.25, 0.3) is 0 Å². The van der Waals surface area contributed by atoms with Gasteiger partial charge in [-0.3, -0.25) is 9.59 Å². The number of hydrogen-bond donors (Lipinski definition) is 1. The molecule has 4 fully saturated rings. The molecule has 3 saturated heterocycles. The summed E-state index contributed by atoms with van der Waals surface area (Å²) in [6.45, 7) is 3.50. The van der Waals surface area contributed by atoms with E-state index >= 15 is 0 Å². The van der Waals surface area contributed by atoms with Crippen LogP contribution in [0.15, 0.2) is 0 Å². The first-order valence-electron chi connectivity index (χ1n) is 8.93. The van der Waals surface area contributed by atoms with Gasteiger partial charge in [-0.2, -0.15) is 0 Å². The van der Waals surface area contributed by atoms with E-state index in [1.807, 2.05) is 4.90 Å². The summed E-state index contributed by atoms with van der Waals surface area (Å²) in [6, 6.07) is 0.144. The van der Waals surface area contributed by atoms with Gasteiger partial charge in [0, 0.05) is 45.2 Å². The highest BCUT2D eigenvalue weighted by molar-refractivity contribution is 5.89. The lowest BCUT2D eigenvalue weighted by atomic mass is 9.89. The maximum atomic E-state index is 12.5. The highest BCUT2D eigenvalue weighted by Crippen LogP contribution is 2.34. The van der Waals surface area contributed by atoms with Gasteiger partial charge in [0.05, 0.1) is 18.1 Å². The van der Waals surface area contributed by atoms with E-state index in [-0.39, 0.29) is 29.4 Å². The van der Waals surface area contributed by atoms with Crippen LogP contribution in [-0.2, 0) is 19.1 Å². The van der Waals surface area contributed by atoms with Gasteiger partial charge in [0.1, 0.15) is 0 Å². The Morgan fingerprint density at radius 2 is 2.17 bits per heavy atom. The number of nitrogens with zero attached hydrogens (tertiary/aromatic N) is 1. The third-order valence-electron chi connectivity index (χ3n) is 5.67. The number of carbonyl (C=O) groups excluding carboxylic acids is 2. The van der Waals surface area contributed by atoms with Crippen molar-refractivity contribution in [2.45, 2.75) is 50.2 Å². The summed E-state index contributed by atoms with van der Waals surface area (Å²) >= 11 is 0. The molecule has 0 radical (unpaired) electrons. The van der Waals surface area contributed by atoms with Crippen LogP contribution in [0.3, 0.4) is 0 Å². The van der Waals surface area contributed by atoms with Crippen LogP contribution in [0.1, 0.15) is 38.5 Å². The van der Waals surface area contributed by atoms with Crippen molar-refractivity contribution in [1.82, 2.24) is 10.2 Å². The Morgan fingerprint density at radius 1 is 1.30 bits per heavy atom. The van der Waals surface area contributed by atoms with Gasteiger partial charge >= 0.3 is 0 Å². The van der Waals surface area contributed by atoms with Crippen molar-refractivity contribution in [3.05, 3.63) is 0 Å². The Balaban J connectivity index is 1.30. The lowest BCUT2D eigenvalue weighted by Gasteiger charge is -2.37. The predicted molar refractivity (Wildman–Crippen MR) is 82.7 cm³/mol. The van der Waals surface area contributed by atoms with Gasteiger partial charge in [0.15, 0.2) is 0 Å². The molecular formula is C17H26N2O4. The first kappa shape index (κ1) is 15.4. The van der Waals surface area contributed by atoms with Gasteiger partial charge in [0.2, 0.25) is 11.8 Å². The Bertz CT molecular complexity index is 485. The maximum absolute atomic E-state index is 12.5. The van der Waals surface area contributed by atoms with Crippen molar-refractivity contribution in [2.24, 2.45) is 11.8 Å². The quantitative estimate of drug-likeness (QED) is 0.827. The number of rotatable bonds is 4. The first-order valence-corrected chi connectivity index (χ1v) is 8.93. The van der Waals surface area contributed by atoms with Crippen LogP contribution in [0, 0.1) is 11.8 Å². The second kappa shape index (κ2) is 6.06. The summed E-state index contributed by atoms with van der Waals surface area (Å²) in [7, 11) is 0. The molecule has 0 aromatic rings. The number of likely N-dealkylation sites (tertiary alicyclic amines) is 1. The molecule has 1 N–H and O–H groups in total. The van der Waals surface area contributed by atoms with Gasteiger partial charge in [-0.25, -0.2) is 0 Å². The molecule has 0 aromatic carbocycles. The Morgan fingerprint density at radius 3 is 2.91 bits per heavy atom. The average molecular weight is 322 g/mol. The molecule has 6 nitrogen and oxygen atoms in total. The molecule has 1 spiro atoms. The maximum Gasteiger partial charge on any atom is 0.225 e. The molecule has 4 rings (SSSR count). The van der Waals surface area contributed by atoms with Crippen molar-refractivity contribution in [2.75, 3.05) is 32.9 Å². The second-order valence-electron chi connectivity index (χ2n) is 7.68.